The first-order valence-electron chi connectivity index (χ1n) is 18.0. The maximum absolute atomic E-state index is 10.7. The first kappa shape index (κ1) is 43.1. The zero-order chi connectivity index (χ0) is 38.4. The van der Waals surface area contributed by atoms with Crippen LogP contribution in [0.5, 0.6) is 0 Å². The van der Waals surface area contributed by atoms with Crippen LogP contribution < -0.4 is 15.0 Å². The van der Waals surface area contributed by atoms with E-state index in [1.807, 2.05) is 115 Å². The van der Waals surface area contributed by atoms with Crippen LogP contribution in [0.3, 0.4) is 0 Å². The molecule has 0 aliphatic heterocycles. The van der Waals surface area contributed by atoms with Crippen LogP contribution in [0.4, 0.5) is 28.4 Å². The monoisotopic (exact) mass is 715 g/mol. The minimum absolute atomic E-state index is 0.250. The van der Waals surface area contributed by atoms with Gasteiger partial charge in [0.05, 0.1) is 22.5 Å². The summed E-state index contributed by atoms with van der Waals surface area (Å²) >= 11 is 1.88. The first-order valence-corrected chi connectivity index (χ1v) is 18.9. The summed E-state index contributed by atoms with van der Waals surface area (Å²) in [6.45, 7) is 22.2. The van der Waals surface area contributed by atoms with Crippen molar-refractivity contribution < 1.29 is 20.3 Å². The van der Waals surface area contributed by atoms with Crippen LogP contribution in [-0.4, -0.2) is 33.1 Å². The quantitative estimate of drug-likeness (QED) is 0.0764. The van der Waals surface area contributed by atoms with E-state index in [1.54, 1.807) is 0 Å². The number of aryl methyl sites for hydroxylation is 1. The topological polar surface area (TPSA) is 87.5 Å². The molecule has 0 bridgehead atoms. The number of hydrogen-bond acceptors (Lipinski definition) is 7. The third kappa shape index (κ3) is 12.6. The van der Waals surface area contributed by atoms with Crippen molar-refractivity contribution in [2.75, 3.05) is 15.0 Å². The Hall–Kier alpha value is -4.11. The van der Waals surface area contributed by atoms with Crippen LogP contribution in [0.1, 0.15) is 112 Å². The Morgan fingerprint density at radius 1 is 0.686 bits per heavy atom. The molecule has 1 heterocycles. The van der Waals surface area contributed by atoms with E-state index in [0.717, 1.165) is 34.9 Å². The number of rotatable bonds is 12. The number of hydroxylamine groups is 2. The molecule has 51 heavy (non-hydrogen) atoms. The maximum atomic E-state index is 10.7. The standard InChI is InChI=1S/C40H53N3O2S.C2H6.CH2O2/c1-10-11-12-13-14-31-28-38(46-37(31)27-29(2)3)30-15-17-32(18-16-30)41(33-19-23-35(24-20-33)42(44)39(4,5)6)34-21-25-36(26-22-34)43(45)40(7,8)9;1-2;2-1-3/h15-28,44-45H,10-14H2,1-9H3;1-2H3;1H,(H,2,3). The normalized spacial score (nSPS) is 11.0. The molecule has 1 aromatic heterocycles. The molecule has 3 N–H and O–H groups in total. The summed E-state index contributed by atoms with van der Waals surface area (Å²) in [6, 6.07) is 27.1. The van der Waals surface area contributed by atoms with Gasteiger partial charge in [0, 0.05) is 26.8 Å². The summed E-state index contributed by atoms with van der Waals surface area (Å²) < 4.78 is 0. The van der Waals surface area contributed by atoms with Crippen LogP contribution in [0.15, 0.2) is 84.4 Å². The van der Waals surface area contributed by atoms with Crippen LogP contribution >= 0.6 is 11.3 Å². The molecule has 0 saturated heterocycles. The maximum Gasteiger partial charge on any atom is 0.290 e. The van der Waals surface area contributed by atoms with Gasteiger partial charge in [0.25, 0.3) is 6.47 Å². The Kier molecular flexibility index (Phi) is 16.9. The van der Waals surface area contributed by atoms with Gasteiger partial charge in [0.15, 0.2) is 0 Å². The van der Waals surface area contributed by atoms with E-state index in [2.05, 4.69) is 62.1 Å². The Morgan fingerprint density at radius 3 is 1.45 bits per heavy atom. The van der Waals surface area contributed by atoms with E-state index in [4.69, 9.17) is 9.90 Å². The zero-order valence-corrected chi connectivity index (χ0v) is 33.5. The molecule has 8 heteroatoms. The molecule has 0 aliphatic carbocycles. The zero-order valence-electron chi connectivity index (χ0n) is 32.7. The molecule has 0 aliphatic rings. The van der Waals surface area contributed by atoms with Crippen LogP contribution in [0.25, 0.3) is 16.5 Å². The molecule has 3 aromatic carbocycles. The Bertz CT molecular complexity index is 1560. The minimum Gasteiger partial charge on any atom is -0.483 e. The second-order valence-corrected chi connectivity index (χ2v) is 15.6. The number of unbranched alkanes of at least 4 members (excludes halogenated alkanes) is 3. The summed E-state index contributed by atoms with van der Waals surface area (Å²) in [7, 11) is 0. The lowest BCUT2D eigenvalue weighted by Gasteiger charge is -2.33. The molecule has 4 aromatic rings. The highest BCUT2D eigenvalue weighted by Crippen LogP contribution is 2.40. The average Bonchev–Trinajstić information content (AvgIpc) is 3.49. The molecule has 0 atom stereocenters. The van der Waals surface area contributed by atoms with Crippen molar-refractivity contribution in [1.82, 2.24) is 0 Å². The van der Waals surface area contributed by atoms with Crippen molar-refractivity contribution in [3.05, 3.63) is 94.9 Å². The summed E-state index contributed by atoms with van der Waals surface area (Å²) in [5.41, 5.74) is 7.59. The van der Waals surface area contributed by atoms with Gasteiger partial charge in [-0.05, 0) is 152 Å². The molecule has 4 rings (SSSR count). The number of allylic oxidation sites excluding steroid dienone is 1. The fraction of sp³-hybridized carbons (Fsp3) is 0.419. The highest BCUT2D eigenvalue weighted by Gasteiger charge is 2.22. The molecule has 278 valence electrons. The van der Waals surface area contributed by atoms with Crippen molar-refractivity contribution in [3.63, 3.8) is 0 Å². The van der Waals surface area contributed by atoms with E-state index < -0.39 is 11.1 Å². The van der Waals surface area contributed by atoms with Gasteiger partial charge in [-0.25, -0.2) is 0 Å². The van der Waals surface area contributed by atoms with Gasteiger partial charge in [-0.15, -0.1) is 11.3 Å². The highest BCUT2D eigenvalue weighted by atomic mass is 32.1. The second kappa shape index (κ2) is 20.1. The molecule has 0 unspecified atom stereocenters. The lowest BCUT2D eigenvalue weighted by molar-refractivity contribution is -0.122. The third-order valence-electron chi connectivity index (χ3n) is 7.95. The second-order valence-electron chi connectivity index (χ2n) is 14.5. The van der Waals surface area contributed by atoms with Crippen molar-refractivity contribution in [3.8, 4) is 10.4 Å². The van der Waals surface area contributed by atoms with Gasteiger partial charge >= 0.3 is 0 Å². The number of thiophene rings is 1. The van der Waals surface area contributed by atoms with Crippen molar-refractivity contribution in [1.29, 1.82) is 0 Å². The summed E-state index contributed by atoms with van der Waals surface area (Å²) in [5.74, 6) is 0. The fourth-order valence-corrected chi connectivity index (χ4v) is 6.67. The molecule has 0 saturated carbocycles. The van der Waals surface area contributed by atoms with Gasteiger partial charge in [0.1, 0.15) is 0 Å². The third-order valence-corrected chi connectivity index (χ3v) is 9.12. The number of nitrogens with zero attached hydrogens (tertiary/aromatic N) is 3. The average molecular weight is 716 g/mol. The smallest absolute Gasteiger partial charge is 0.290 e. The van der Waals surface area contributed by atoms with Gasteiger partial charge in [-0.2, -0.15) is 0 Å². The number of anilines is 5. The lowest BCUT2D eigenvalue weighted by atomic mass is 10.0. The number of hydrogen-bond donors (Lipinski definition) is 3. The first-order chi connectivity index (χ1) is 24.1. The van der Waals surface area contributed by atoms with E-state index in [-0.39, 0.29) is 6.47 Å². The summed E-state index contributed by atoms with van der Waals surface area (Å²) in [6.07, 6.45) is 8.50. The van der Waals surface area contributed by atoms with Gasteiger partial charge < -0.3 is 10.0 Å². The fourth-order valence-electron chi connectivity index (χ4n) is 5.39. The van der Waals surface area contributed by atoms with E-state index >= 15 is 0 Å². The Balaban J connectivity index is 0.00000171. The van der Waals surface area contributed by atoms with Crippen LogP contribution in [0.2, 0.25) is 0 Å². The molecular formula is C43H61N3O4S. The van der Waals surface area contributed by atoms with Gasteiger partial charge in [0.2, 0.25) is 0 Å². The van der Waals surface area contributed by atoms with Crippen molar-refractivity contribution in [2.24, 2.45) is 0 Å². The van der Waals surface area contributed by atoms with Gasteiger partial charge in [-0.1, -0.05) is 57.7 Å². The molecule has 7 nitrogen and oxygen atoms in total. The number of benzene rings is 3. The predicted molar refractivity (Wildman–Crippen MR) is 220 cm³/mol. The highest BCUT2D eigenvalue weighted by molar-refractivity contribution is 7.16. The number of carboxylic acid groups (broad SMARTS) is 1. The van der Waals surface area contributed by atoms with Crippen molar-refractivity contribution >= 4 is 52.3 Å². The molecule has 0 amide bonds. The van der Waals surface area contributed by atoms with E-state index in [0.29, 0.717) is 0 Å². The Morgan fingerprint density at radius 2 is 1.08 bits per heavy atom. The largest absolute Gasteiger partial charge is 0.483 e. The SMILES string of the molecule is CC.CCCCCCc1cc(-c2ccc(N(c3ccc(N(O)C(C)(C)C)cc3)c3ccc(N(O)C(C)(C)C)cc3)cc2)sc1C=C(C)C.O=CO. The van der Waals surface area contributed by atoms with Gasteiger partial charge in [-0.3, -0.25) is 25.3 Å². The summed E-state index contributed by atoms with van der Waals surface area (Å²) in [5, 5.41) is 31.0. The lowest BCUT2D eigenvalue weighted by Crippen LogP contribution is -2.38. The molecule has 0 fully saturated rings. The van der Waals surface area contributed by atoms with E-state index in [9.17, 15) is 10.4 Å². The van der Waals surface area contributed by atoms with Crippen LogP contribution in [-0.2, 0) is 11.2 Å². The number of carbonyl (C=O) groups is 1. The molecular weight excluding hydrogens is 655 g/mol. The summed E-state index contributed by atoms with van der Waals surface area (Å²) in [4.78, 5) is 13.2. The van der Waals surface area contributed by atoms with Crippen LogP contribution in [0, 0.1) is 0 Å². The van der Waals surface area contributed by atoms with Crippen molar-refractivity contribution in [2.45, 2.75) is 119 Å². The predicted octanol–water partition coefficient (Wildman–Crippen LogP) is 13.1. The van der Waals surface area contributed by atoms with E-state index in [1.165, 1.54) is 62.3 Å². The minimum atomic E-state index is -0.418. The Labute approximate surface area is 311 Å². The molecule has 0 radical (unpaired) electrons. The molecule has 0 spiro atoms.